The van der Waals surface area contributed by atoms with Gasteiger partial charge in [-0.05, 0) is 56.2 Å². The second-order valence-corrected chi connectivity index (χ2v) is 12.7. The number of hydrogen-bond acceptors (Lipinski definition) is 9. The fraction of sp³-hybridized carbons (Fsp3) is 0.429. The first kappa shape index (κ1) is 31.9. The third-order valence-electron chi connectivity index (χ3n) is 9.21. The van der Waals surface area contributed by atoms with Crippen molar-refractivity contribution < 1.29 is 9.90 Å². The summed E-state index contributed by atoms with van der Waals surface area (Å²) in [5, 5.41) is 34.6. The third kappa shape index (κ3) is 8.04. The smallest absolute Gasteiger partial charge is 0.323 e. The molecule has 4 aromatic rings. The van der Waals surface area contributed by atoms with E-state index in [0.29, 0.717) is 36.2 Å². The lowest BCUT2D eigenvalue weighted by Crippen LogP contribution is -2.49. The minimum atomic E-state index is -0.783. The Labute approximate surface area is 275 Å². The number of pyridine rings is 1. The van der Waals surface area contributed by atoms with Gasteiger partial charge >= 0.3 is 6.03 Å². The second-order valence-electron chi connectivity index (χ2n) is 12.7. The molecule has 0 spiro atoms. The van der Waals surface area contributed by atoms with Crippen LogP contribution in [-0.4, -0.2) is 60.1 Å². The molecule has 4 N–H and O–H groups in total. The van der Waals surface area contributed by atoms with E-state index in [1.165, 1.54) is 6.20 Å². The number of aryl methyl sites for hydroxylation is 1. The number of carbonyl (C=O) groups excluding carboxylic acids is 1. The standard InChI is InChI=1S/C35H42N10O2/c1-44-23-28(22-41-44)26-10-15-31(37-20-26)45(34(46)39-19-25-8-4-2-5-9-25)30-13-11-29(12-14-30)42-33-38-21-27(18-36)32(43-33)40-24-35(47)16-6-3-7-17-35/h2,4-5,8-10,15,20-23,29-30,47H,3,6-7,11-14,16-17,19,24H2,1H3,(H,39,46)(H2,38,40,42,43)/t29-,30+. The van der Waals surface area contributed by atoms with Crippen LogP contribution < -0.4 is 20.9 Å². The summed E-state index contributed by atoms with van der Waals surface area (Å²) in [6.07, 6.45) is 14.8. The Balaban J connectivity index is 1.12. The molecule has 6 rings (SSSR count). The normalized spacial score (nSPS) is 18.9. The van der Waals surface area contributed by atoms with E-state index in [2.05, 4.69) is 37.1 Å². The number of hydrogen-bond donors (Lipinski definition) is 4. The molecule has 0 aliphatic heterocycles. The topological polar surface area (TPSA) is 157 Å². The summed E-state index contributed by atoms with van der Waals surface area (Å²) in [6.45, 7) is 0.771. The molecule has 1 aromatic carbocycles. The summed E-state index contributed by atoms with van der Waals surface area (Å²) >= 11 is 0. The molecule has 0 unspecified atom stereocenters. The molecule has 0 radical (unpaired) electrons. The van der Waals surface area contributed by atoms with Crippen LogP contribution in [-0.2, 0) is 13.6 Å². The zero-order valence-electron chi connectivity index (χ0n) is 26.8. The van der Waals surface area contributed by atoms with Crippen LogP contribution in [0.15, 0.2) is 67.3 Å². The summed E-state index contributed by atoms with van der Waals surface area (Å²) in [4.78, 5) is 29.2. The number of benzene rings is 1. The summed E-state index contributed by atoms with van der Waals surface area (Å²) in [7, 11) is 1.88. The van der Waals surface area contributed by atoms with E-state index in [9.17, 15) is 15.2 Å². The van der Waals surface area contributed by atoms with Crippen molar-refractivity contribution >= 4 is 23.6 Å². The van der Waals surface area contributed by atoms with Crippen LogP contribution >= 0.6 is 0 Å². The Kier molecular flexibility index (Phi) is 9.92. The Morgan fingerprint density at radius 1 is 1.02 bits per heavy atom. The van der Waals surface area contributed by atoms with Crippen molar-refractivity contribution in [2.75, 3.05) is 22.1 Å². The zero-order chi connectivity index (χ0) is 32.6. The largest absolute Gasteiger partial charge is 0.388 e. The predicted molar refractivity (Wildman–Crippen MR) is 181 cm³/mol. The molecule has 2 aliphatic carbocycles. The van der Waals surface area contributed by atoms with Gasteiger partial charge in [-0.15, -0.1) is 0 Å². The highest BCUT2D eigenvalue weighted by Crippen LogP contribution is 2.31. The Morgan fingerprint density at radius 3 is 2.49 bits per heavy atom. The summed E-state index contributed by atoms with van der Waals surface area (Å²) in [5.74, 6) is 1.47. The van der Waals surface area contributed by atoms with Gasteiger partial charge < -0.3 is 21.1 Å². The number of rotatable bonds is 10. The Hall–Kier alpha value is -5.02. The van der Waals surface area contributed by atoms with Crippen molar-refractivity contribution in [2.45, 2.75) is 82.0 Å². The number of amides is 2. The molecule has 47 heavy (non-hydrogen) atoms. The van der Waals surface area contributed by atoms with Crippen molar-refractivity contribution in [3.05, 3.63) is 78.4 Å². The van der Waals surface area contributed by atoms with Gasteiger partial charge in [-0.1, -0.05) is 49.6 Å². The van der Waals surface area contributed by atoms with Gasteiger partial charge in [-0.25, -0.2) is 14.8 Å². The third-order valence-corrected chi connectivity index (χ3v) is 9.21. The fourth-order valence-corrected chi connectivity index (χ4v) is 6.55. The number of aliphatic hydroxyl groups is 1. The first-order valence-electron chi connectivity index (χ1n) is 16.5. The monoisotopic (exact) mass is 634 g/mol. The van der Waals surface area contributed by atoms with Gasteiger partial charge in [0, 0.05) is 55.7 Å². The van der Waals surface area contributed by atoms with E-state index in [1.54, 1.807) is 22.0 Å². The number of nitrogens with zero attached hydrogens (tertiary/aromatic N) is 7. The molecule has 3 heterocycles. The zero-order valence-corrected chi connectivity index (χ0v) is 26.8. The minimum Gasteiger partial charge on any atom is -0.388 e. The van der Waals surface area contributed by atoms with Crippen LogP contribution in [0.5, 0.6) is 0 Å². The van der Waals surface area contributed by atoms with Gasteiger partial charge in [0.05, 0.1) is 18.0 Å². The number of nitrogens with one attached hydrogen (secondary N) is 3. The van der Waals surface area contributed by atoms with Gasteiger partial charge in [0.1, 0.15) is 23.3 Å². The molecule has 2 aliphatic rings. The molecule has 12 heteroatoms. The number of nitriles is 1. The van der Waals surface area contributed by atoms with Crippen molar-refractivity contribution in [3.63, 3.8) is 0 Å². The Bertz CT molecular complexity index is 1670. The van der Waals surface area contributed by atoms with Crippen LogP contribution in [0.4, 0.5) is 22.4 Å². The lowest BCUT2D eigenvalue weighted by Gasteiger charge is -2.36. The second kappa shape index (κ2) is 14.6. The molecular weight excluding hydrogens is 592 g/mol. The SMILES string of the molecule is Cn1cc(-c2ccc(N(C(=O)NCc3ccccc3)[C@H]3CC[C@@H](Nc4ncc(C#N)c(NCC5(O)CCCCC5)n4)CC3)nc2)cn1. The van der Waals surface area contributed by atoms with Crippen LogP contribution in [0.3, 0.4) is 0 Å². The molecule has 3 aromatic heterocycles. The van der Waals surface area contributed by atoms with Gasteiger partial charge in [-0.3, -0.25) is 9.58 Å². The molecule has 244 valence electrons. The Morgan fingerprint density at radius 2 is 1.81 bits per heavy atom. The highest BCUT2D eigenvalue weighted by Gasteiger charge is 2.32. The predicted octanol–water partition coefficient (Wildman–Crippen LogP) is 5.39. The van der Waals surface area contributed by atoms with Crippen molar-refractivity contribution in [1.82, 2.24) is 30.0 Å². The van der Waals surface area contributed by atoms with E-state index < -0.39 is 5.60 Å². The van der Waals surface area contributed by atoms with Crippen molar-refractivity contribution in [2.24, 2.45) is 7.05 Å². The molecule has 0 bridgehead atoms. The van der Waals surface area contributed by atoms with Gasteiger partial charge in [0.15, 0.2) is 0 Å². The molecule has 2 amide bonds. The number of urea groups is 1. The average molecular weight is 635 g/mol. The van der Waals surface area contributed by atoms with Crippen LogP contribution in [0.2, 0.25) is 0 Å². The van der Waals surface area contributed by atoms with Crippen LogP contribution in [0.25, 0.3) is 11.1 Å². The molecule has 0 atom stereocenters. The van der Waals surface area contributed by atoms with Gasteiger partial charge in [-0.2, -0.15) is 15.3 Å². The maximum Gasteiger partial charge on any atom is 0.323 e. The van der Waals surface area contributed by atoms with E-state index in [1.807, 2.05) is 55.7 Å². The van der Waals surface area contributed by atoms with Crippen LogP contribution in [0.1, 0.15) is 68.9 Å². The molecule has 0 saturated heterocycles. The first-order valence-corrected chi connectivity index (χ1v) is 16.5. The maximum atomic E-state index is 13.7. The molecule has 2 saturated carbocycles. The molecule has 2 fully saturated rings. The summed E-state index contributed by atoms with van der Waals surface area (Å²) < 4.78 is 1.75. The number of aromatic nitrogens is 5. The van der Waals surface area contributed by atoms with E-state index in [0.717, 1.165) is 74.5 Å². The molecule has 12 nitrogen and oxygen atoms in total. The van der Waals surface area contributed by atoms with Gasteiger partial charge in [0.25, 0.3) is 0 Å². The summed E-state index contributed by atoms with van der Waals surface area (Å²) in [6, 6.07) is 15.8. The highest BCUT2D eigenvalue weighted by atomic mass is 16.3. The lowest BCUT2D eigenvalue weighted by atomic mass is 9.85. The maximum absolute atomic E-state index is 13.7. The quantitative estimate of drug-likeness (QED) is 0.180. The molecular formula is C35H42N10O2. The van der Waals surface area contributed by atoms with Crippen LogP contribution in [0, 0.1) is 11.3 Å². The number of carbonyl (C=O) groups is 1. The van der Waals surface area contributed by atoms with E-state index in [4.69, 9.17) is 4.98 Å². The van der Waals surface area contributed by atoms with Gasteiger partial charge in [0.2, 0.25) is 5.95 Å². The first-order chi connectivity index (χ1) is 22.9. The fourth-order valence-electron chi connectivity index (χ4n) is 6.55. The van der Waals surface area contributed by atoms with Crippen molar-refractivity contribution in [3.8, 4) is 17.2 Å². The van der Waals surface area contributed by atoms with E-state index in [-0.39, 0.29) is 18.1 Å². The number of anilines is 3. The summed E-state index contributed by atoms with van der Waals surface area (Å²) in [5.41, 5.74) is 2.49. The highest BCUT2D eigenvalue weighted by molar-refractivity contribution is 5.91. The minimum absolute atomic E-state index is 0.0455. The average Bonchev–Trinajstić information content (AvgIpc) is 3.54. The van der Waals surface area contributed by atoms with Crippen molar-refractivity contribution in [1.29, 1.82) is 5.26 Å². The van der Waals surface area contributed by atoms with E-state index >= 15 is 0 Å². The lowest BCUT2D eigenvalue weighted by molar-refractivity contribution is 0.0166.